The van der Waals surface area contributed by atoms with Crippen LogP contribution in [0.15, 0.2) is 6.20 Å². The highest BCUT2D eigenvalue weighted by Gasteiger charge is 2.27. The molecular weight excluding hydrogens is 218 g/mol. The maximum Gasteiger partial charge on any atom is 0.0910 e. The normalized spacial score (nSPS) is 23.8. The third-order valence-electron chi connectivity index (χ3n) is 3.12. The Kier molecular flexibility index (Phi) is 4.09. The van der Waals surface area contributed by atoms with Gasteiger partial charge in [0.1, 0.15) is 0 Å². The van der Waals surface area contributed by atoms with Crippen molar-refractivity contribution >= 4 is 0 Å². The summed E-state index contributed by atoms with van der Waals surface area (Å²) in [6, 6.07) is -0.153. The van der Waals surface area contributed by atoms with Crippen LogP contribution in [0.1, 0.15) is 25.1 Å². The summed E-state index contributed by atoms with van der Waals surface area (Å²) in [4.78, 5) is 2.24. The molecule has 0 amide bonds. The number of likely N-dealkylation sites (N-methyl/N-ethyl adjacent to an activating group) is 1. The maximum absolute atomic E-state index is 6.25. The highest BCUT2D eigenvalue weighted by molar-refractivity contribution is 5.05. The van der Waals surface area contributed by atoms with E-state index in [0.29, 0.717) is 0 Å². The zero-order valence-electron chi connectivity index (χ0n) is 10.5. The van der Waals surface area contributed by atoms with Crippen LogP contribution in [-0.2, 0) is 11.3 Å². The molecule has 1 aliphatic rings. The van der Waals surface area contributed by atoms with Crippen molar-refractivity contribution in [1.82, 2.24) is 19.9 Å². The van der Waals surface area contributed by atoms with Gasteiger partial charge in [-0.2, -0.15) is 0 Å². The van der Waals surface area contributed by atoms with E-state index in [0.717, 1.165) is 38.4 Å². The van der Waals surface area contributed by atoms with Crippen LogP contribution < -0.4 is 5.73 Å². The van der Waals surface area contributed by atoms with Gasteiger partial charge in [0.15, 0.2) is 0 Å². The number of aryl methyl sites for hydroxylation is 1. The SMILES string of the molecule is CCCn1nncc1C(N)C1CN(C)CCO1. The lowest BCUT2D eigenvalue weighted by Gasteiger charge is -2.33. The van der Waals surface area contributed by atoms with E-state index in [2.05, 4.69) is 29.2 Å². The fraction of sp³-hybridized carbons (Fsp3) is 0.818. The van der Waals surface area contributed by atoms with Gasteiger partial charge in [0.2, 0.25) is 0 Å². The van der Waals surface area contributed by atoms with Gasteiger partial charge in [0.25, 0.3) is 0 Å². The second-order valence-corrected chi connectivity index (χ2v) is 4.58. The molecule has 1 saturated heterocycles. The van der Waals surface area contributed by atoms with Crippen molar-refractivity contribution in [2.75, 3.05) is 26.7 Å². The number of nitrogens with two attached hydrogens (primary N) is 1. The molecule has 17 heavy (non-hydrogen) atoms. The van der Waals surface area contributed by atoms with Gasteiger partial charge in [0, 0.05) is 19.6 Å². The van der Waals surface area contributed by atoms with Crippen LogP contribution >= 0.6 is 0 Å². The molecule has 1 aliphatic heterocycles. The van der Waals surface area contributed by atoms with E-state index in [-0.39, 0.29) is 12.1 Å². The fourth-order valence-electron chi connectivity index (χ4n) is 2.13. The van der Waals surface area contributed by atoms with Crippen molar-refractivity contribution in [2.24, 2.45) is 5.73 Å². The number of nitrogens with zero attached hydrogens (tertiary/aromatic N) is 4. The van der Waals surface area contributed by atoms with Crippen molar-refractivity contribution in [2.45, 2.75) is 32.0 Å². The Morgan fingerprint density at radius 3 is 3.18 bits per heavy atom. The molecule has 1 aromatic heterocycles. The van der Waals surface area contributed by atoms with Gasteiger partial charge >= 0.3 is 0 Å². The van der Waals surface area contributed by atoms with E-state index >= 15 is 0 Å². The number of rotatable bonds is 4. The standard InChI is InChI=1S/C11H21N5O/c1-3-4-16-9(7-13-14-16)11(12)10-8-15(2)5-6-17-10/h7,10-11H,3-6,8,12H2,1-2H3. The Hall–Kier alpha value is -0.980. The first kappa shape index (κ1) is 12.5. The summed E-state index contributed by atoms with van der Waals surface area (Å²) in [6.45, 7) is 5.53. The first-order chi connectivity index (χ1) is 8.22. The molecule has 0 bridgehead atoms. The minimum atomic E-state index is -0.153. The van der Waals surface area contributed by atoms with Gasteiger partial charge in [-0.3, -0.25) is 0 Å². The minimum Gasteiger partial charge on any atom is -0.374 e. The molecule has 6 heteroatoms. The Labute approximate surface area is 102 Å². The summed E-state index contributed by atoms with van der Waals surface area (Å²) in [7, 11) is 2.09. The fourth-order valence-corrected chi connectivity index (χ4v) is 2.13. The van der Waals surface area contributed by atoms with Crippen LogP contribution in [0.25, 0.3) is 0 Å². The van der Waals surface area contributed by atoms with Crippen molar-refractivity contribution in [3.63, 3.8) is 0 Å². The van der Waals surface area contributed by atoms with Crippen LogP contribution in [0.2, 0.25) is 0 Å². The first-order valence-corrected chi connectivity index (χ1v) is 6.16. The quantitative estimate of drug-likeness (QED) is 0.802. The molecule has 0 aromatic carbocycles. The van der Waals surface area contributed by atoms with Gasteiger partial charge in [-0.05, 0) is 13.5 Å². The van der Waals surface area contributed by atoms with Crippen LogP contribution in [0.4, 0.5) is 0 Å². The third kappa shape index (κ3) is 2.83. The molecule has 2 rings (SSSR count). The Balaban J connectivity index is 2.07. The van der Waals surface area contributed by atoms with Gasteiger partial charge in [-0.25, -0.2) is 4.68 Å². The second kappa shape index (κ2) is 5.57. The lowest BCUT2D eigenvalue weighted by Crippen LogP contribution is -2.45. The Morgan fingerprint density at radius 2 is 2.47 bits per heavy atom. The molecule has 6 nitrogen and oxygen atoms in total. The highest BCUT2D eigenvalue weighted by Crippen LogP contribution is 2.19. The van der Waals surface area contributed by atoms with E-state index in [1.54, 1.807) is 6.20 Å². The number of morpholine rings is 1. The monoisotopic (exact) mass is 239 g/mol. The Bertz CT molecular complexity index is 353. The van der Waals surface area contributed by atoms with Crippen molar-refractivity contribution in [1.29, 1.82) is 0 Å². The topological polar surface area (TPSA) is 69.2 Å². The molecule has 2 N–H and O–H groups in total. The summed E-state index contributed by atoms with van der Waals surface area (Å²) in [6.07, 6.45) is 2.80. The molecule has 1 fully saturated rings. The van der Waals surface area contributed by atoms with Crippen LogP contribution in [0.3, 0.4) is 0 Å². The predicted octanol–water partition coefficient (Wildman–Crippen LogP) is 0.0185. The molecule has 0 radical (unpaired) electrons. The molecule has 1 aromatic rings. The summed E-state index contributed by atoms with van der Waals surface area (Å²) >= 11 is 0. The molecule has 2 atom stereocenters. The van der Waals surface area contributed by atoms with Crippen molar-refractivity contribution < 1.29 is 4.74 Å². The average molecular weight is 239 g/mol. The molecule has 0 saturated carbocycles. The molecule has 2 unspecified atom stereocenters. The summed E-state index contributed by atoms with van der Waals surface area (Å²) in [5.41, 5.74) is 7.22. The van der Waals surface area contributed by atoms with Gasteiger partial charge in [-0.1, -0.05) is 12.1 Å². The predicted molar refractivity (Wildman–Crippen MR) is 64.5 cm³/mol. The van der Waals surface area contributed by atoms with Crippen LogP contribution in [0.5, 0.6) is 0 Å². The smallest absolute Gasteiger partial charge is 0.0910 e. The summed E-state index contributed by atoms with van der Waals surface area (Å²) in [5, 5.41) is 8.00. The lowest BCUT2D eigenvalue weighted by atomic mass is 10.1. The van der Waals surface area contributed by atoms with Crippen molar-refractivity contribution in [3.8, 4) is 0 Å². The molecule has 2 heterocycles. The second-order valence-electron chi connectivity index (χ2n) is 4.58. The number of ether oxygens (including phenoxy) is 1. The molecule has 0 spiro atoms. The largest absolute Gasteiger partial charge is 0.374 e. The highest BCUT2D eigenvalue weighted by atomic mass is 16.5. The lowest BCUT2D eigenvalue weighted by molar-refractivity contribution is -0.0339. The minimum absolute atomic E-state index is 0.0304. The van der Waals surface area contributed by atoms with E-state index in [1.807, 2.05) is 4.68 Å². The zero-order chi connectivity index (χ0) is 12.3. The zero-order valence-corrected chi connectivity index (χ0v) is 10.5. The number of aromatic nitrogens is 3. The third-order valence-corrected chi connectivity index (χ3v) is 3.12. The van der Waals surface area contributed by atoms with Gasteiger partial charge in [0.05, 0.1) is 30.6 Å². The average Bonchev–Trinajstić information content (AvgIpc) is 2.77. The van der Waals surface area contributed by atoms with Crippen LogP contribution in [-0.4, -0.2) is 52.7 Å². The van der Waals surface area contributed by atoms with E-state index in [4.69, 9.17) is 10.5 Å². The van der Waals surface area contributed by atoms with Gasteiger partial charge in [-0.15, -0.1) is 5.10 Å². The van der Waals surface area contributed by atoms with Gasteiger partial charge < -0.3 is 15.4 Å². The Morgan fingerprint density at radius 1 is 1.65 bits per heavy atom. The van der Waals surface area contributed by atoms with E-state index in [1.165, 1.54) is 0 Å². The molecule has 0 aliphatic carbocycles. The molecule has 96 valence electrons. The van der Waals surface area contributed by atoms with Crippen LogP contribution in [0, 0.1) is 0 Å². The van der Waals surface area contributed by atoms with E-state index in [9.17, 15) is 0 Å². The first-order valence-electron chi connectivity index (χ1n) is 6.16. The summed E-state index contributed by atoms with van der Waals surface area (Å²) in [5.74, 6) is 0. The summed E-state index contributed by atoms with van der Waals surface area (Å²) < 4.78 is 7.61. The number of hydrogen-bond donors (Lipinski definition) is 1. The van der Waals surface area contributed by atoms with E-state index < -0.39 is 0 Å². The molecular formula is C11H21N5O. The number of hydrogen-bond acceptors (Lipinski definition) is 5. The van der Waals surface area contributed by atoms with Crippen molar-refractivity contribution in [3.05, 3.63) is 11.9 Å². The maximum atomic E-state index is 6.25.